The van der Waals surface area contributed by atoms with E-state index in [4.69, 9.17) is 17.3 Å². The Bertz CT molecular complexity index is 553. The minimum Gasteiger partial charge on any atom is -0.368 e. The number of hydrogen-bond acceptors (Lipinski definition) is 5. The zero-order valence-electron chi connectivity index (χ0n) is 7.88. The normalized spacial score (nSPS) is 10.3. The van der Waals surface area contributed by atoms with Crippen LogP contribution < -0.4 is 5.73 Å². The molecule has 0 atom stereocenters. The molecule has 2 rings (SSSR count). The highest BCUT2D eigenvalue weighted by molar-refractivity contribution is 6.33. The summed E-state index contributed by atoms with van der Waals surface area (Å²) < 4.78 is 4.66. The second kappa shape index (κ2) is 3.82. The summed E-state index contributed by atoms with van der Waals surface area (Å²) in [6.45, 7) is 0. The number of nitro benzene ring substituents is 1. The van der Waals surface area contributed by atoms with E-state index in [0.717, 1.165) is 0 Å². The quantitative estimate of drug-likeness (QED) is 0.642. The van der Waals surface area contributed by atoms with E-state index in [0.29, 0.717) is 0 Å². The van der Waals surface area contributed by atoms with Crippen molar-refractivity contribution in [2.45, 2.75) is 0 Å². The van der Waals surface area contributed by atoms with Crippen LogP contribution in [0.15, 0.2) is 28.8 Å². The van der Waals surface area contributed by atoms with Gasteiger partial charge in [-0.05, 0) is 6.07 Å². The Kier molecular flexibility index (Phi) is 2.49. The number of anilines is 1. The van der Waals surface area contributed by atoms with E-state index in [1.54, 1.807) is 0 Å². The largest absolute Gasteiger partial charge is 0.368 e. The number of aromatic nitrogens is 1. The van der Waals surface area contributed by atoms with E-state index in [9.17, 15) is 10.1 Å². The number of nitro groups is 1. The predicted molar refractivity (Wildman–Crippen MR) is 58.0 cm³/mol. The molecule has 0 aliphatic rings. The lowest BCUT2D eigenvalue weighted by atomic mass is 10.1. The number of halogens is 1. The van der Waals surface area contributed by atoms with Gasteiger partial charge in [0, 0.05) is 12.1 Å². The Hall–Kier alpha value is -2.08. The van der Waals surface area contributed by atoms with E-state index in [-0.39, 0.29) is 27.9 Å². The van der Waals surface area contributed by atoms with Crippen LogP contribution in [-0.2, 0) is 0 Å². The Balaban J connectivity index is 2.67. The summed E-state index contributed by atoms with van der Waals surface area (Å²) in [5.41, 5.74) is 5.66. The Labute approximate surface area is 94.7 Å². The molecule has 0 fully saturated rings. The topological polar surface area (TPSA) is 95.2 Å². The summed E-state index contributed by atoms with van der Waals surface area (Å²) in [5, 5.41) is 14.6. The average molecular weight is 240 g/mol. The van der Waals surface area contributed by atoms with E-state index in [1.807, 2.05) is 0 Å². The highest BCUT2D eigenvalue weighted by Gasteiger charge is 2.21. The third-order valence-corrected chi connectivity index (χ3v) is 2.29. The third kappa shape index (κ3) is 1.70. The van der Waals surface area contributed by atoms with Gasteiger partial charge in [0.05, 0.1) is 9.95 Å². The lowest BCUT2D eigenvalue weighted by molar-refractivity contribution is -0.384. The zero-order valence-corrected chi connectivity index (χ0v) is 8.64. The van der Waals surface area contributed by atoms with E-state index in [1.165, 1.54) is 24.3 Å². The molecule has 0 unspecified atom stereocenters. The van der Waals surface area contributed by atoms with Gasteiger partial charge in [0.2, 0.25) is 5.88 Å². The Morgan fingerprint density at radius 1 is 1.50 bits per heavy atom. The fourth-order valence-corrected chi connectivity index (χ4v) is 1.59. The molecule has 0 saturated heterocycles. The highest BCUT2D eigenvalue weighted by atomic mass is 35.5. The summed E-state index contributed by atoms with van der Waals surface area (Å²) in [7, 11) is 0. The van der Waals surface area contributed by atoms with Gasteiger partial charge in [-0.25, -0.2) is 0 Å². The average Bonchev–Trinajstić information content (AvgIpc) is 2.64. The minimum atomic E-state index is -0.536. The van der Waals surface area contributed by atoms with Gasteiger partial charge in [0.25, 0.3) is 5.69 Å². The van der Waals surface area contributed by atoms with Gasteiger partial charge in [0.15, 0.2) is 0 Å². The van der Waals surface area contributed by atoms with Crippen molar-refractivity contribution in [3.63, 3.8) is 0 Å². The van der Waals surface area contributed by atoms with Gasteiger partial charge < -0.3 is 10.3 Å². The van der Waals surface area contributed by atoms with E-state index < -0.39 is 4.92 Å². The first kappa shape index (κ1) is 10.4. The summed E-state index contributed by atoms with van der Waals surface area (Å²) in [4.78, 5) is 10.3. The summed E-state index contributed by atoms with van der Waals surface area (Å²) in [5.74, 6) is 0.0733. The molecule has 1 aromatic heterocycles. The molecule has 7 heteroatoms. The number of rotatable bonds is 2. The van der Waals surface area contributed by atoms with Crippen molar-refractivity contribution >= 4 is 23.2 Å². The fourth-order valence-electron chi connectivity index (χ4n) is 1.33. The number of benzene rings is 1. The van der Waals surface area contributed by atoms with Crippen LogP contribution in [0, 0.1) is 10.1 Å². The zero-order chi connectivity index (χ0) is 11.7. The molecular weight excluding hydrogens is 234 g/mol. The molecule has 6 nitrogen and oxygen atoms in total. The van der Waals surface area contributed by atoms with Gasteiger partial charge >= 0.3 is 0 Å². The van der Waals surface area contributed by atoms with Crippen LogP contribution in [-0.4, -0.2) is 10.1 Å². The molecule has 0 bridgehead atoms. The predicted octanol–water partition coefficient (Wildman–Crippen LogP) is 2.49. The van der Waals surface area contributed by atoms with Crippen LogP contribution in [0.2, 0.25) is 5.02 Å². The summed E-state index contributed by atoms with van der Waals surface area (Å²) in [6, 6.07) is 5.75. The first-order chi connectivity index (χ1) is 7.59. The lowest BCUT2D eigenvalue weighted by Gasteiger charge is -2.00. The van der Waals surface area contributed by atoms with Gasteiger partial charge in [-0.15, -0.1) is 0 Å². The van der Waals surface area contributed by atoms with Crippen molar-refractivity contribution in [3.8, 4) is 11.3 Å². The number of nitrogens with two attached hydrogens (primary N) is 1. The van der Waals surface area contributed by atoms with Crippen LogP contribution in [0.3, 0.4) is 0 Å². The standard InChI is InChI=1S/C9H6ClN3O3/c10-5-2-1-3-7(13(14)15)9(5)6-4-8(11)16-12-6/h1-4H,11H2. The molecule has 2 N–H and O–H groups in total. The molecule has 0 aliphatic heterocycles. The molecule has 16 heavy (non-hydrogen) atoms. The van der Waals surface area contributed by atoms with Gasteiger partial charge in [0.1, 0.15) is 11.3 Å². The highest BCUT2D eigenvalue weighted by Crippen LogP contribution is 2.35. The van der Waals surface area contributed by atoms with E-state index >= 15 is 0 Å². The van der Waals surface area contributed by atoms with Crippen molar-refractivity contribution in [3.05, 3.63) is 39.4 Å². The SMILES string of the molecule is Nc1cc(-c2c(Cl)cccc2[N+](=O)[O-])no1. The molecular formula is C9H6ClN3O3. The summed E-state index contributed by atoms with van der Waals surface area (Å²) in [6.07, 6.45) is 0. The molecule has 1 heterocycles. The number of hydrogen-bond donors (Lipinski definition) is 1. The third-order valence-electron chi connectivity index (χ3n) is 1.97. The minimum absolute atomic E-state index is 0.0733. The fraction of sp³-hybridized carbons (Fsp3) is 0. The van der Waals surface area contributed by atoms with E-state index in [2.05, 4.69) is 9.68 Å². The van der Waals surface area contributed by atoms with Crippen molar-refractivity contribution in [2.75, 3.05) is 5.73 Å². The summed E-state index contributed by atoms with van der Waals surface area (Å²) >= 11 is 5.89. The first-order valence-electron chi connectivity index (χ1n) is 4.25. The second-order valence-corrected chi connectivity index (χ2v) is 3.41. The molecule has 82 valence electrons. The molecule has 0 radical (unpaired) electrons. The maximum Gasteiger partial charge on any atom is 0.280 e. The van der Waals surface area contributed by atoms with Gasteiger partial charge in [-0.2, -0.15) is 0 Å². The molecule has 0 amide bonds. The Morgan fingerprint density at radius 2 is 2.25 bits per heavy atom. The molecule has 2 aromatic rings. The number of nitrogen functional groups attached to an aromatic ring is 1. The van der Waals surface area contributed by atoms with Crippen molar-refractivity contribution < 1.29 is 9.45 Å². The van der Waals surface area contributed by atoms with Gasteiger partial charge in [-0.1, -0.05) is 22.8 Å². The van der Waals surface area contributed by atoms with Crippen molar-refractivity contribution in [1.29, 1.82) is 0 Å². The monoisotopic (exact) mass is 239 g/mol. The maximum atomic E-state index is 10.8. The molecule has 1 aromatic carbocycles. The van der Waals surface area contributed by atoms with Crippen LogP contribution in [0.25, 0.3) is 11.3 Å². The van der Waals surface area contributed by atoms with Crippen molar-refractivity contribution in [1.82, 2.24) is 5.16 Å². The molecule has 0 spiro atoms. The van der Waals surface area contributed by atoms with Crippen molar-refractivity contribution in [2.24, 2.45) is 0 Å². The van der Waals surface area contributed by atoms with Crippen LogP contribution in [0.5, 0.6) is 0 Å². The first-order valence-corrected chi connectivity index (χ1v) is 4.63. The lowest BCUT2D eigenvalue weighted by Crippen LogP contribution is -1.92. The molecule has 0 aliphatic carbocycles. The maximum absolute atomic E-state index is 10.8. The second-order valence-electron chi connectivity index (χ2n) is 3.01. The Morgan fingerprint density at radius 3 is 2.81 bits per heavy atom. The number of nitrogens with zero attached hydrogens (tertiary/aromatic N) is 2. The molecule has 0 saturated carbocycles. The van der Waals surface area contributed by atoms with Crippen LogP contribution >= 0.6 is 11.6 Å². The van der Waals surface area contributed by atoms with Crippen LogP contribution in [0.4, 0.5) is 11.6 Å². The van der Waals surface area contributed by atoms with Crippen LogP contribution in [0.1, 0.15) is 0 Å². The van der Waals surface area contributed by atoms with Gasteiger partial charge in [-0.3, -0.25) is 10.1 Å². The smallest absolute Gasteiger partial charge is 0.280 e.